The lowest BCUT2D eigenvalue weighted by molar-refractivity contribution is -0.0359. The fourth-order valence-electron chi connectivity index (χ4n) is 6.77. The fourth-order valence-corrected chi connectivity index (χ4v) is 6.77. The van der Waals surface area contributed by atoms with E-state index in [1.807, 2.05) is 0 Å². The average Bonchev–Trinajstić information content (AvgIpc) is 3.74. The molecule has 0 spiro atoms. The number of nitrogens with zero attached hydrogens (tertiary/aromatic N) is 5. The number of hydrogen-bond acceptors (Lipinski definition) is 6. The molecule has 1 aliphatic carbocycles. The Hall–Kier alpha value is -3.65. The molecular weight excluding hydrogens is 557 g/mol. The first-order valence-corrected chi connectivity index (χ1v) is 15.2. The molecule has 4 aliphatic heterocycles. The number of halogens is 3. The summed E-state index contributed by atoms with van der Waals surface area (Å²) in [4.78, 5) is 33.5. The predicted octanol–water partition coefficient (Wildman–Crippen LogP) is 5.34. The van der Waals surface area contributed by atoms with Gasteiger partial charge in [-0.25, -0.2) is 18.0 Å². The van der Waals surface area contributed by atoms with Crippen molar-refractivity contribution in [2.24, 2.45) is 13.0 Å². The van der Waals surface area contributed by atoms with Crippen molar-refractivity contribution in [3.05, 3.63) is 67.6 Å². The van der Waals surface area contributed by atoms with E-state index >= 15 is 13.2 Å². The van der Waals surface area contributed by atoms with E-state index in [0.29, 0.717) is 48.8 Å². The molecule has 1 unspecified atom stereocenters. The Kier molecular flexibility index (Phi) is 7.40. The van der Waals surface area contributed by atoms with Gasteiger partial charge in [0.25, 0.3) is 11.5 Å². The lowest BCUT2D eigenvalue weighted by atomic mass is 9.88. The molecule has 1 saturated carbocycles. The third-order valence-electron chi connectivity index (χ3n) is 9.78. The van der Waals surface area contributed by atoms with Crippen LogP contribution < -0.4 is 16.6 Å². The number of pyridine rings is 1. The summed E-state index contributed by atoms with van der Waals surface area (Å²) in [6.45, 7) is 5.58. The molecule has 0 amide bonds. The highest BCUT2D eigenvalue weighted by molar-refractivity contribution is 5.88. The number of aromatic nitrogens is 3. The van der Waals surface area contributed by atoms with Gasteiger partial charge in [0, 0.05) is 50.3 Å². The topological polar surface area (TPSA) is 96.0 Å². The zero-order chi connectivity index (χ0) is 30.7. The Balaban J connectivity index is 1.49. The summed E-state index contributed by atoms with van der Waals surface area (Å²) in [5, 5.41) is 13.4. The van der Waals surface area contributed by atoms with E-state index in [1.54, 1.807) is 20.0 Å². The summed E-state index contributed by atoms with van der Waals surface area (Å²) >= 11 is 0. The molecular formula is C32H37F3N6O2. The number of aryl methyl sites for hydroxylation is 2. The Morgan fingerprint density at radius 1 is 1.07 bits per heavy atom. The van der Waals surface area contributed by atoms with Crippen molar-refractivity contribution >= 4 is 16.9 Å². The largest absolute Gasteiger partial charge is 0.363 e. The van der Waals surface area contributed by atoms with Gasteiger partial charge in [0.15, 0.2) is 0 Å². The Morgan fingerprint density at radius 2 is 1.81 bits per heavy atom. The highest BCUT2D eigenvalue weighted by atomic mass is 19.3. The quantitative estimate of drug-likeness (QED) is 0.409. The molecule has 1 N–H and O–H groups in total. The normalized spacial score (nSPS) is 26.6. The lowest BCUT2D eigenvalue weighted by Gasteiger charge is -2.44. The van der Waals surface area contributed by atoms with Crippen molar-refractivity contribution in [1.82, 2.24) is 19.0 Å². The second-order valence-electron chi connectivity index (χ2n) is 12.7. The summed E-state index contributed by atoms with van der Waals surface area (Å²) in [5.74, 6) is -4.05. The zero-order valence-corrected chi connectivity index (χ0v) is 24.8. The van der Waals surface area contributed by atoms with Gasteiger partial charge in [0.05, 0.1) is 28.5 Å². The number of hydrogen-bond donors (Lipinski definition) is 1. The first-order valence-electron chi connectivity index (χ1n) is 15.2. The van der Waals surface area contributed by atoms with Gasteiger partial charge >= 0.3 is 5.69 Å². The van der Waals surface area contributed by atoms with Crippen molar-refractivity contribution in [2.45, 2.75) is 88.8 Å². The molecule has 2 atom stereocenters. The fraction of sp³-hybridized carbons (Fsp3) is 0.562. The summed E-state index contributed by atoms with van der Waals surface area (Å²) in [7, 11) is 1.58. The summed E-state index contributed by atoms with van der Waals surface area (Å²) in [5.41, 5.74) is -1.74. The third kappa shape index (κ3) is 5.13. The number of benzene rings is 1. The van der Waals surface area contributed by atoms with E-state index in [0.717, 1.165) is 32.0 Å². The summed E-state index contributed by atoms with van der Waals surface area (Å²) in [6, 6.07) is 7.35. The van der Waals surface area contributed by atoms with Gasteiger partial charge in [0.1, 0.15) is 17.3 Å². The number of nitrogens with one attached hydrogen (secondary N) is 1. The molecule has 0 radical (unpaired) electrons. The van der Waals surface area contributed by atoms with Crippen LogP contribution in [0.5, 0.6) is 0 Å². The maximum atomic E-state index is 15.8. The van der Waals surface area contributed by atoms with Crippen LogP contribution in [-0.2, 0) is 24.9 Å². The van der Waals surface area contributed by atoms with Crippen LogP contribution in [0.4, 0.5) is 19.0 Å². The third-order valence-corrected chi connectivity index (χ3v) is 9.78. The standard InChI is InChI=1S/C32H37F3N6O2/c1-19-7-4-5-14-41-28-23(15-25(29(42)39(28)3)31(18-36)12-13-31)27(38-30(41)43)37-20(2)22-8-6-9-24(26(22)33)32(34,35)11-10-21-16-40(19)17-21/h6,8-9,15,19-21H,4-5,7,10-14,16-17H2,1-3H3,(H,37,38,43)/t19?,20-/m1/s1. The first kappa shape index (κ1) is 29.4. The van der Waals surface area contributed by atoms with Crippen LogP contribution in [0.3, 0.4) is 0 Å². The van der Waals surface area contributed by atoms with E-state index in [4.69, 9.17) is 0 Å². The smallest absolute Gasteiger partial charge is 0.351 e. The molecule has 2 fully saturated rings. The van der Waals surface area contributed by atoms with E-state index in [2.05, 4.69) is 28.2 Å². The highest BCUT2D eigenvalue weighted by Gasteiger charge is 2.47. The zero-order valence-electron chi connectivity index (χ0n) is 24.8. The Morgan fingerprint density at radius 3 is 2.51 bits per heavy atom. The molecule has 5 aliphatic rings. The van der Waals surface area contributed by atoms with Crippen LogP contribution in [0.25, 0.3) is 11.0 Å². The van der Waals surface area contributed by atoms with Gasteiger partial charge in [-0.15, -0.1) is 0 Å². The van der Waals surface area contributed by atoms with Crippen LogP contribution in [-0.4, -0.2) is 38.1 Å². The minimum Gasteiger partial charge on any atom is -0.363 e. The average molecular weight is 595 g/mol. The molecule has 43 heavy (non-hydrogen) atoms. The van der Waals surface area contributed by atoms with E-state index < -0.39 is 40.9 Å². The van der Waals surface area contributed by atoms with Crippen LogP contribution in [0.15, 0.2) is 33.9 Å². The van der Waals surface area contributed by atoms with Crippen molar-refractivity contribution < 1.29 is 13.2 Å². The Labute approximate surface area is 248 Å². The highest BCUT2D eigenvalue weighted by Crippen LogP contribution is 2.47. The predicted molar refractivity (Wildman–Crippen MR) is 158 cm³/mol. The van der Waals surface area contributed by atoms with Crippen molar-refractivity contribution in [2.75, 3.05) is 18.4 Å². The van der Waals surface area contributed by atoms with Gasteiger partial charge in [-0.2, -0.15) is 10.2 Å². The minimum absolute atomic E-state index is 0.0232. The van der Waals surface area contributed by atoms with Crippen molar-refractivity contribution in [3.8, 4) is 6.07 Å². The van der Waals surface area contributed by atoms with E-state index in [-0.39, 0.29) is 28.9 Å². The number of rotatable bonds is 1. The van der Waals surface area contributed by atoms with Gasteiger partial charge in [-0.3, -0.25) is 13.9 Å². The molecule has 1 saturated heterocycles. The molecule has 6 bridgehead atoms. The molecule has 11 heteroatoms. The van der Waals surface area contributed by atoms with Gasteiger partial charge in [-0.05, 0) is 57.9 Å². The first-order chi connectivity index (χ1) is 20.5. The van der Waals surface area contributed by atoms with Crippen LogP contribution in [0.1, 0.15) is 81.5 Å². The van der Waals surface area contributed by atoms with Crippen LogP contribution in [0, 0.1) is 23.1 Å². The molecule has 228 valence electrons. The number of nitriles is 1. The monoisotopic (exact) mass is 594 g/mol. The SMILES string of the molecule is CC1CCCCn2c(=O)nc(c3cc(C4(C#N)CC4)c(=O)n(C)c32)N[C@H](C)c2cccc(c2F)C(F)(F)CCC2CN1C2. The molecule has 3 aromatic rings. The molecule has 2 aromatic heterocycles. The van der Waals surface area contributed by atoms with Gasteiger partial charge in [-0.1, -0.05) is 24.6 Å². The second kappa shape index (κ2) is 10.8. The number of alkyl halides is 2. The van der Waals surface area contributed by atoms with E-state index in [1.165, 1.54) is 21.3 Å². The second-order valence-corrected chi connectivity index (χ2v) is 12.7. The molecule has 8 nitrogen and oxygen atoms in total. The summed E-state index contributed by atoms with van der Waals surface area (Å²) < 4.78 is 49.4. The van der Waals surface area contributed by atoms with Crippen LogP contribution >= 0.6 is 0 Å². The molecule has 8 rings (SSSR count). The van der Waals surface area contributed by atoms with Crippen molar-refractivity contribution in [1.29, 1.82) is 5.26 Å². The van der Waals surface area contributed by atoms with E-state index in [9.17, 15) is 14.9 Å². The van der Waals surface area contributed by atoms with Gasteiger partial charge in [0.2, 0.25) is 0 Å². The molecule has 6 heterocycles. The lowest BCUT2D eigenvalue weighted by Crippen LogP contribution is -2.51. The maximum absolute atomic E-state index is 15.8. The number of anilines is 1. The molecule has 1 aromatic carbocycles. The Bertz CT molecular complexity index is 1730. The summed E-state index contributed by atoms with van der Waals surface area (Å²) in [6.07, 6.45) is 3.41. The van der Waals surface area contributed by atoms with Crippen LogP contribution in [0.2, 0.25) is 0 Å². The maximum Gasteiger partial charge on any atom is 0.351 e. The minimum atomic E-state index is -3.33. The van der Waals surface area contributed by atoms with Crippen molar-refractivity contribution in [3.63, 3.8) is 0 Å². The van der Waals surface area contributed by atoms with Gasteiger partial charge < -0.3 is 10.2 Å².